The lowest BCUT2D eigenvalue weighted by atomic mass is 10.0. The second-order valence-electron chi connectivity index (χ2n) is 3.66. The number of aliphatic imine (C=N–C) groups is 1. The van der Waals surface area contributed by atoms with Crippen molar-refractivity contribution in [3.63, 3.8) is 0 Å². The third-order valence-electron chi connectivity index (χ3n) is 2.05. The van der Waals surface area contributed by atoms with Gasteiger partial charge in [0.2, 0.25) is 5.91 Å². The van der Waals surface area contributed by atoms with Gasteiger partial charge in [0.05, 0.1) is 0 Å². The van der Waals surface area contributed by atoms with Gasteiger partial charge in [0.15, 0.2) is 5.17 Å². The van der Waals surface area contributed by atoms with E-state index in [0.717, 1.165) is 23.9 Å². The molecule has 0 spiro atoms. The van der Waals surface area contributed by atoms with E-state index in [2.05, 4.69) is 10.3 Å². The maximum absolute atomic E-state index is 11.1. The Kier molecular flexibility index (Phi) is 4.25. The van der Waals surface area contributed by atoms with Gasteiger partial charge in [0.25, 0.3) is 0 Å². The third kappa shape index (κ3) is 3.21. The number of nitrogens with zero attached hydrogens (tertiary/aromatic N) is 1. The molecule has 80 valence electrons. The van der Waals surface area contributed by atoms with Crippen LogP contribution in [0, 0.1) is 5.92 Å². The molecule has 0 aromatic rings. The molecule has 14 heavy (non-hydrogen) atoms. The van der Waals surface area contributed by atoms with E-state index in [-0.39, 0.29) is 17.9 Å². The predicted molar refractivity (Wildman–Crippen MR) is 60.3 cm³/mol. The van der Waals surface area contributed by atoms with Crippen molar-refractivity contribution in [1.29, 1.82) is 0 Å². The monoisotopic (exact) mass is 215 g/mol. The van der Waals surface area contributed by atoms with Gasteiger partial charge >= 0.3 is 0 Å². The van der Waals surface area contributed by atoms with Crippen LogP contribution in [0.15, 0.2) is 4.99 Å². The summed E-state index contributed by atoms with van der Waals surface area (Å²) in [4.78, 5) is 15.4. The molecule has 0 aromatic heterocycles. The number of hydrogen-bond donors (Lipinski definition) is 2. The highest BCUT2D eigenvalue weighted by molar-refractivity contribution is 8.13. The Hall–Kier alpha value is -0.710. The molecule has 0 radical (unpaired) electrons. The van der Waals surface area contributed by atoms with Crippen molar-refractivity contribution in [3.05, 3.63) is 0 Å². The lowest BCUT2D eigenvalue weighted by Crippen LogP contribution is -2.47. The molecule has 0 bridgehead atoms. The van der Waals surface area contributed by atoms with E-state index in [0.29, 0.717) is 0 Å². The first-order chi connectivity index (χ1) is 6.61. The summed E-state index contributed by atoms with van der Waals surface area (Å²) in [6.45, 7) is 4.78. The Morgan fingerprint density at radius 3 is 2.79 bits per heavy atom. The topological polar surface area (TPSA) is 67.5 Å². The van der Waals surface area contributed by atoms with Crippen LogP contribution in [0.1, 0.15) is 20.3 Å². The largest absolute Gasteiger partial charge is 0.368 e. The summed E-state index contributed by atoms with van der Waals surface area (Å²) in [5, 5.41) is 3.95. The highest BCUT2D eigenvalue weighted by Crippen LogP contribution is 2.12. The molecule has 0 saturated heterocycles. The molecule has 1 aliphatic heterocycles. The van der Waals surface area contributed by atoms with Gasteiger partial charge < -0.3 is 11.1 Å². The number of carbonyl (C=O) groups is 1. The van der Waals surface area contributed by atoms with Gasteiger partial charge in [-0.25, -0.2) is 0 Å². The maximum Gasteiger partial charge on any atom is 0.240 e. The number of thioether (sulfide) groups is 1. The van der Waals surface area contributed by atoms with Crippen LogP contribution >= 0.6 is 11.8 Å². The van der Waals surface area contributed by atoms with Crippen LogP contribution in [0.3, 0.4) is 0 Å². The normalized spacial score (nSPS) is 18.9. The quantitative estimate of drug-likeness (QED) is 0.723. The average molecular weight is 215 g/mol. The number of carbonyl (C=O) groups excluding carboxylic acids is 1. The number of primary amides is 1. The molecule has 4 nitrogen and oxygen atoms in total. The summed E-state index contributed by atoms with van der Waals surface area (Å²) in [6.07, 6.45) is 1.11. The molecule has 0 aromatic carbocycles. The zero-order valence-electron chi connectivity index (χ0n) is 8.62. The number of amides is 1. The minimum atomic E-state index is -0.311. The van der Waals surface area contributed by atoms with Gasteiger partial charge in [-0.3, -0.25) is 9.79 Å². The van der Waals surface area contributed by atoms with Gasteiger partial charge in [-0.05, 0) is 12.3 Å². The minimum absolute atomic E-state index is 0.192. The molecule has 3 N–H and O–H groups in total. The van der Waals surface area contributed by atoms with E-state index in [1.165, 1.54) is 0 Å². The number of hydrogen-bond acceptors (Lipinski definition) is 4. The number of nitrogens with two attached hydrogens (primary N) is 1. The van der Waals surface area contributed by atoms with E-state index in [9.17, 15) is 4.79 Å². The second kappa shape index (κ2) is 5.24. The number of rotatable bonds is 3. The molecule has 0 aliphatic carbocycles. The Labute approximate surface area is 88.7 Å². The van der Waals surface area contributed by atoms with Crippen molar-refractivity contribution in [2.24, 2.45) is 16.6 Å². The Morgan fingerprint density at radius 1 is 1.64 bits per heavy atom. The predicted octanol–water partition coefficient (Wildman–Crippen LogP) is 0.579. The Balaban J connectivity index is 2.54. The van der Waals surface area contributed by atoms with Crippen LogP contribution in [0.2, 0.25) is 0 Å². The fourth-order valence-electron chi connectivity index (χ4n) is 1.25. The number of amidine groups is 1. The molecule has 0 saturated carbocycles. The van der Waals surface area contributed by atoms with Gasteiger partial charge in [-0.2, -0.15) is 0 Å². The lowest BCUT2D eigenvalue weighted by molar-refractivity contribution is -0.120. The van der Waals surface area contributed by atoms with Crippen LogP contribution in [-0.4, -0.2) is 29.4 Å². The Bertz CT molecular complexity index is 240. The van der Waals surface area contributed by atoms with Crippen LogP contribution in [0.25, 0.3) is 0 Å². The zero-order valence-corrected chi connectivity index (χ0v) is 9.43. The van der Waals surface area contributed by atoms with Crippen LogP contribution < -0.4 is 11.1 Å². The lowest BCUT2D eigenvalue weighted by Gasteiger charge is -2.22. The first-order valence-corrected chi connectivity index (χ1v) is 5.83. The second-order valence-corrected chi connectivity index (χ2v) is 4.74. The van der Waals surface area contributed by atoms with E-state index < -0.39 is 0 Å². The summed E-state index contributed by atoms with van der Waals surface area (Å²) >= 11 is 1.66. The van der Waals surface area contributed by atoms with Crippen molar-refractivity contribution in [1.82, 2.24) is 5.32 Å². The van der Waals surface area contributed by atoms with E-state index in [1.807, 2.05) is 13.8 Å². The molecule has 1 rings (SSSR count). The SMILES string of the molecule is CC(C)C(NC1=NCCCS1)C(N)=O. The molecule has 5 heteroatoms. The molecular formula is C9H17N3OS. The molecule has 0 fully saturated rings. The third-order valence-corrected chi connectivity index (χ3v) is 3.06. The summed E-state index contributed by atoms with van der Waals surface area (Å²) in [7, 11) is 0. The Morgan fingerprint density at radius 2 is 2.36 bits per heavy atom. The molecule has 1 atom stereocenters. The summed E-state index contributed by atoms with van der Waals surface area (Å²) < 4.78 is 0. The summed E-state index contributed by atoms with van der Waals surface area (Å²) in [5.41, 5.74) is 5.29. The summed E-state index contributed by atoms with van der Waals surface area (Å²) in [5.74, 6) is 0.946. The van der Waals surface area contributed by atoms with Crippen molar-refractivity contribution in [2.75, 3.05) is 12.3 Å². The van der Waals surface area contributed by atoms with Gasteiger partial charge in [0.1, 0.15) is 6.04 Å². The van der Waals surface area contributed by atoms with Crippen molar-refractivity contribution in [2.45, 2.75) is 26.3 Å². The molecule has 1 aliphatic rings. The number of nitrogens with one attached hydrogen (secondary N) is 1. The fourth-order valence-corrected chi connectivity index (χ4v) is 2.11. The highest BCUT2D eigenvalue weighted by atomic mass is 32.2. The van der Waals surface area contributed by atoms with E-state index in [1.54, 1.807) is 11.8 Å². The average Bonchev–Trinajstić information content (AvgIpc) is 2.15. The molecule has 1 unspecified atom stereocenters. The van der Waals surface area contributed by atoms with Gasteiger partial charge in [-0.15, -0.1) is 0 Å². The van der Waals surface area contributed by atoms with Crippen molar-refractivity contribution in [3.8, 4) is 0 Å². The smallest absolute Gasteiger partial charge is 0.240 e. The standard InChI is InChI=1S/C9H17N3OS/c1-6(2)7(8(10)13)12-9-11-4-3-5-14-9/h6-7H,3-5H2,1-2H3,(H2,10,13)(H,11,12). The fraction of sp³-hybridized carbons (Fsp3) is 0.778. The summed E-state index contributed by atoms with van der Waals surface area (Å²) in [6, 6.07) is -0.306. The zero-order chi connectivity index (χ0) is 10.6. The van der Waals surface area contributed by atoms with Gasteiger partial charge in [0, 0.05) is 12.3 Å². The van der Waals surface area contributed by atoms with Gasteiger partial charge in [-0.1, -0.05) is 25.6 Å². The van der Waals surface area contributed by atoms with E-state index >= 15 is 0 Å². The van der Waals surface area contributed by atoms with Crippen LogP contribution in [0.4, 0.5) is 0 Å². The van der Waals surface area contributed by atoms with Crippen molar-refractivity contribution >= 4 is 22.8 Å². The molecular weight excluding hydrogens is 198 g/mol. The minimum Gasteiger partial charge on any atom is -0.368 e. The van der Waals surface area contributed by atoms with E-state index in [4.69, 9.17) is 5.73 Å². The maximum atomic E-state index is 11.1. The van der Waals surface area contributed by atoms with Crippen LogP contribution in [-0.2, 0) is 4.79 Å². The first kappa shape index (κ1) is 11.4. The van der Waals surface area contributed by atoms with Crippen molar-refractivity contribution < 1.29 is 4.79 Å². The highest BCUT2D eigenvalue weighted by Gasteiger charge is 2.21. The van der Waals surface area contributed by atoms with Crippen LogP contribution in [0.5, 0.6) is 0 Å². The molecule has 1 amide bonds. The first-order valence-electron chi connectivity index (χ1n) is 4.84. The molecule has 1 heterocycles.